The Balaban J connectivity index is 1.53. The highest BCUT2D eigenvalue weighted by molar-refractivity contribution is 6.08. The van der Waals surface area contributed by atoms with Crippen molar-refractivity contribution in [3.05, 3.63) is 71.3 Å². The zero-order valence-corrected chi connectivity index (χ0v) is 17.5. The molecule has 2 aromatic carbocycles. The van der Waals surface area contributed by atoms with Crippen molar-refractivity contribution in [3.8, 4) is 0 Å². The summed E-state index contributed by atoms with van der Waals surface area (Å²) in [5.41, 5.74) is 1.20. The van der Waals surface area contributed by atoms with Crippen LogP contribution in [0.15, 0.2) is 54.6 Å². The van der Waals surface area contributed by atoms with E-state index < -0.39 is 29.4 Å². The zero-order chi connectivity index (χ0) is 22.4. The van der Waals surface area contributed by atoms with Crippen LogP contribution in [-0.2, 0) is 27.3 Å². The third kappa shape index (κ3) is 5.28. The lowest BCUT2D eigenvalue weighted by atomic mass is 9.93. The number of ether oxygens (including phenoxy) is 1. The minimum atomic E-state index is -1.04. The molecule has 31 heavy (non-hydrogen) atoms. The maximum Gasteiger partial charge on any atom is 0.337 e. The maximum atomic E-state index is 12.8. The van der Waals surface area contributed by atoms with Crippen molar-refractivity contribution < 1.29 is 23.9 Å². The predicted octanol–water partition coefficient (Wildman–Crippen LogP) is 2.03. The Morgan fingerprint density at radius 3 is 2.35 bits per heavy atom. The van der Waals surface area contributed by atoms with Crippen LogP contribution >= 0.6 is 0 Å². The first-order chi connectivity index (χ1) is 14.8. The first kappa shape index (κ1) is 22.0. The lowest BCUT2D eigenvalue weighted by Gasteiger charge is -2.21. The van der Waals surface area contributed by atoms with Crippen LogP contribution in [0.1, 0.15) is 34.8 Å². The van der Waals surface area contributed by atoms with Gasteiger partial charge in [0, 0.05) is 6.54 Å². The molecule has 0 saturated carbocycles. The van der Waals surface area contributed by atoms with Gasteiger partial charge in [-0.25, -0.2) is 9.59 Å². The van der Waals surface area contributed by atoms with E-state index in [1.165, 1.54) is 7.11 Å². The molecule has 3 rings (SSSR count). The lowest BCUT2D eigenvalue weighted by molar-refractivity contribution is -0.134. The number of carbonyl (C=O) groups excluding carboxylic acids is 4. The summed E-state index contributed by atoms with van der Waals surface area (Å²) in [5.74, 6) is -1.30. The van der Waals surface area contributed by atoms with Gasteiger partial charge in [0.2, 0.25) is 5.91 Å². The van der Waals surface area contributed by atoms with E-state index in [9.17, 15) is 19.2 Å². The number of methoxy groups -OCH3 is 1. The second kappa shape index (κ2) is 9.42. The quantitative estimate of drug-likeness (QED) is 0.499. The van der Waals surface area contributed by atoms with Gasteiger partial charge in [0.15, 0.2) is 0 Å². The van der Waals surface area contributed by atoms with E-state index in [0.29, 0.717) is 18.4 Å². The third-order valence-corrected chi connectivity index (χ3v) is 5.27. The Labute approximate surface area is 180 Å². The van der Waals surface area contributed by atoms with Crippen LogP contribution in [0, 0.1) is 0 Å². The van der Waals surface area contributed by atoms with Gasteiger partial charge < -0.3 is 15.4 Å². The van der Waals surface area contributed by atoms with E-state index in [4.69, 9.17) is 0 Å². The van der Waals surface area contributed by atoms with Crippen LogP contribution in [0.5, 0.6) is 0 Å². The van der Waals surface area contributed by atoms with Crippen LogP contribution in [0.3, 0.4) is 0 Å². The van der Waals surface area contributed by atoms with Crippen LogP contribution in [-0.4, -0.2) is 47.9 Å². The summed E-state index contributed by atoms with van der Waals surface area (Å²) in [6.07, 6.45) is 1.07. The summed E-state index contributed by atoms with van der Waals surface area (Å²) in [6.45, 7) is 1.53. The number of hydrogen-bond acceptors (Lipinski definition) is 5. The average Bonchev–Trinajstić information content (AvgIpc) is 3.00. The topological polar surface area (TPSA) is 105 Å². The number of hydrogen-bond donors (Lipinski definition) is 2. The lowest BCUT2D eigenvalue weighted by Crippen LogP contribution is -2.45. The molecule has 4 amide bonds. The number of nitrogens with zero attached hydrogens (tertiary/aromatic N) is 1. The molecule has 0 aliphatic carbocycles. The number of carbonyl (C=O) groups is 4. The number of benzene rings is 2. The summed E-state index contributed by atoms with van der Waals surface area (Å²) in [5, 5.41) is 5.40. The summed E-state index contributed by atoms with van der Waals surface area (Å²) in [6, 6.07) is 15.7. The number of imide groups is 1. The Morgan fingerprint density at radius 2 is 1.71 bits per heavy atom. The van der Waals surface area contributed by atoms with Crippen molar-refractivity contribution in [2.24, 2.45) is 0 Å². The highest BCUT2D eigenvalue weighted by Crippen LogP contribution is 2.23. The molecular formula is C23H25N3O5. The van der Waals surface area contributed by atoms with E-state index in [-0.39, 0.29) is 13.1 Å². The molecule has 8 heteroatoms. The van der Waals surface area contributed by atoms with E-state index >= 15 is 0 Å². The highest BCUT2D eigenvalue weighted by Gasteiger charge is 2.47. The van der Waals surface area contributed by atoms with Crippen LogP contribution in [0.25, 0.3) is 0 Å². The molecule has 1 saturated heterocycles. The second-order valence-corrected chi connectivity index (χ2v) is 7.60. The number of amides is 4. The monoisotopic (exact) mass is 423 g/mol. The zero-order valence-electron chi connectivity index (χ0n) is 17.5. The first-order valence-corrected chi connectivity index (χ1v) is 9.94. The first-order valence-electron chi connectivity index (χ1n) is 9.94. The average molecular weight is 423 g/mol. The largest absolute Gasteiger partial charge is 0.465 e. The number of esters is 1. The summed E-state index contributed by atoms with van der Waals surface area (Å²) < 4.78 is 4.64. The van der Waals surface area contributed by atoms with Gasteiger partial charge in [-0.3, -0.25) is 14.5 Å². The number of urea groups is 1. The minimum Gasteiger partial charge on any atom is -0.465 e. The van der Waals surface area contributed by atoms with Crippen molar-refractivity contribution in [1.29, 1.82) is 0 Å². The minimum absolute atomic E-state index is 0.204. The van der Waals surface area contributed by atoms with E-state index in [0.717, 1.165) is 16.0 Å². The third-order valence-electron chi connectivity index (χ3n) is 5.27. The highest BCUT2D eigenvalue weighted by atomic mass is 16.5. The SMILES string of the molecule is COC(=O)c1ccc(CNC(=O)CN2C(=O)N[C@](C)(CCc3ccccc3)C2=O)cc1. The Bertz CT molecular complexity index is 974. The van der Waals surface area contributed by atoms with Crippen molar-refractivity contribution in [1.82, 2.24) is 15.5 Å². The standard InChI is InChI=1S/C23H25N3O5/c1-23(13-12-16-6-4-3-5-7-16)21(29)26(22(30)25-23)15-19(27)24-14-17-8-10-18(11-9-17)20(28)31-2/h3-11H,12-15H2,1-2H3,(H,24,27)(H,25,30)/t23-/m1/s1. The molecule has 1 atom stereocenters. The fraction of sp³-hybridized carbons (Fsp3) is 0.304. The molecule has 0 spiro atoms. The van der Waals surface area contributed by atoms with Gasteiger partial charge in [-0.05, 0) is 43.0 Å². The number of nitrogens with one attached hydrogen (secondary N) is 2. The smallest absolute Gasteiger partial charge is 0.337 e. The molecule has 0 aromatic heterocycles. The molecule has 1 aliphatic heterocycles. The second-order valence-electron chi connectivity index (χ2n) is 7.60. The molecule has 0 unspecified atom stereocenters. The van der Waals surface area contributed by atoms with Gasteiger partial charge in [-0.15, -0.1) is 0 Å². The van der Waals surface area contributed by atoms with Crippen molar-refractivity contribution in [2.45, 2.75) is 31.8 Å². The summed E-state index contributed by atoms with van der Waals surface area (Å²) in [4.78, 5) is 49.9. The number of rotatable bonds is 8. The van der Waals surface area contributed by atoms with Gasteiger partial charge in [-0.2, -0.15) is 0 Å². The van der Waals surface area contributed by atoms with Gasteiger partial charge >= 0.3 is 12.0 Å². The Hall–Kier alpha value is -3.68. The molecule has 8 nitrogen and oxygen atoms in total. The van der Waals surface area contributed by atoms with Crippen LogP contribution < -0.4 is 10.6 Å². The van der Waals surface area contributed by atoms with Crippen molar-refractivity contribution >= 4 is 23.8 Å². The van der Waals surface area contributed by atoms with Gasteiger partial charge in [0.1, 0.15) is 12.1 Å². The molecule has 1 heterocycles. The van der Waals surface area contributed by atoms with Crippen molar-refractivity contribution in [2.75, 3.05) is 13.7 Å². The molecule has 0 bridgehead atoms. The van der Waals surface area contributed by atoms with Crippen molar-refractivity contribution in [3.63, 3.8) is 0 Å². The maximum absolute atomic E-state index is 12.8. The fourth-order valence-electron chi connectivity index (χ4n) is 3.38. The van der Waals surface area contributed by atoms with Crippen LogP contribution in [0.4, 0.5) is 4.79 Å². The van der Waals surface area contributed by atoms with E-state index in [2.05, 4.69) is 15.4 Å². The van der Waals surface area contributed by atoms with Gasteiger partial charge in [0.05, 0.1) is 12.7 Å². The number of aryl methyl sites for hydroxylation is 1. The molecule has 0 radical (unpaired) electrons. The molecule has 1 fully saturated rings. The molecular weight excluding hydrogens is 398 g/mol. The fourth-order valence-corrected chi connectivity index (χ4v) is 3.38. The van der Waals surface area contributed by atoms with Crippen LogP contribution in [0.2, 0.25) is 0 Å². The molecule has 1 aliphatic rings. The van der Waals surface area contributed by atoms with E-state index in [1.807, 2.05) is 30.3 Å². The normalized spacial score (nSPS) is 17.9. The predicted molar refractivity (Wildman–Crippen MR) is 113 cm³/mol. The van der Waals surface area contributed by atoms with Gasteiger partial charge in [0.25, 0.3) is 5.91 Å². The Kier molecular flexibility index (Phi) is 6.69. The molecule has 2 aromatic rings. The summed E-state index contributed by atoms with van der Waals surface area (Å²) in [7, 11) is 1.30. The van der Waals surface area contributed by atoms with E-state index in [1.54, 1.807) is 31.2 Å². The van der Waals surface area contributed by atoms with Gasteiger partial charge in [-0.1, -0.05) is 42.5 Å². The molecule has 2 N–H and O–H groups in total. The Morgan fingerprint density at radius 1 is 1.03 bits per heavy atom. The molecule has 162 valence electrons. The summed E-state index contributed by atoms with van der Waals surface area (Å²) >= 11 is 0.